The average molecular weight is 379 g/mol. The zero-order valence-corrected chi connectivity index (χ0v) is 15.8. The zero-order valence-electron chi connectivity index (χ0n) is 15.8. The molecule has 0 heterocycles. The van der Waals surface area contributed by atoms with Gasteiger partial charge >= 0.3 is 17.9 Å². The number of carboxylic acids is 3. The highest BCUT2D eigenvalue weighted by Crippen LogP contribution is 2.22. The summed E-state index contributed by atoms with van der Waals surface area (Å²) >= 11 is 0. The van der Waals surface area contributed by atoms with Gasteiger partial charge in [0.05, 0.1) is 16.7 Å². The van der Waals surface area contributed by atoms with Crippen LogP contribution in [0.15, 0.2) is 12.1 Å². The SMILES string of the molecule is CCCCCCCCCCCNc1cc(C(=O)O)c(C(=O)O)c(C(=O)O)c1. The second kappa shape index (κ2) is 11.9. The molecule has 0 saturated heterocycles. The van der Waals surface area contributed by atoms with Gasteiger partial charge in [-0.2, -0.15) is 0 Å². The molecule has 4 N–H and O–H groups in total. The molecule has 7 nitrogen and oxygen atoms in total. The van der Waals surface area contributed by atoms with Gasteiger partial charge in [-0.25, -0.2) is 14.4 Å². The van der Waals surface area contributed by atoms with Gasteiger partial charge in [-0.15, -0.1) is 0 Å². The third kappa shape index (κ3) is 7.68. The van der Waals surface area contributed by atoms with E-state index in [0.717, 1.165) is 19.3 Å². The van der Waals surface area contributed by atoms with Gasteiger partial charge in [-0.05, 0) is 18.6 Å². The van der Waals surface area contributed by atoms with Crippen LogP contribution in [0.4, 0.5) is 5.69 Å². The van der Waals surface area contributed by atoms with E-state index in [4.69, 9.17) is 5.11 Å². The van der Waals surface area contributed by atoms with E-state index in [1.807, 2.05) is 0 Å². The van der Waals surface area contributed by atoms with E-state index >= 15 is 0 Å². The number of rotatable bonds is 14. The lowest BCUT2D eigenvalue weighted by Gasteiger charge is -2.12. The normalized spacial score (nSPS) is 10.6. The highest BCUT2D eigenvalue weighted by molar-refractivity contribution is 6.10. The molecular formula is C20H29NO6. The molecule has 1 rings (SSSR count). The minimum Gasteiger partial charge on any atom is -0.478 e. The summed E-state index contributed by atoms with van der Waals surface area (Å²) in [4.78, 5) is 33.9. The summed E-state index contributed by atoms with van der Waals surface area (Å²) in [6.07, 6.45) is 10.6. The average Bonchev–Trinajstić information content (AvgIpc) is 2.62. The lowest BCUT2D eigenvalue weighted by atomic mass is 9.99. The molecule has 0 amide bonds. The van der Waals surface area contributed by atoms with Crippen LogP contribution in [-0.4, -0.2) is 39.8 Å². The Bertz CT molecular complexity index is 621. The number of carbonyl (C=O) groups is 3. The summed E-state index contributed by atoms with van der Waals surface area (Å²) in [6.45, 7) is 2.77. The maximum Gasteiger partial charge on any atom is 0.337 e. The molecule has 1 aromatic rings. The quantitative estimate of drug-likeness (QED) is 0.345. The van der Waals surface area contributed by atoms with Crippen molar-refractivity contribution < 1.29 is 29.7 Å². The molecule has 0 aliphatic carbocycles. The van der Waals surface area contributed by atoms with Crippen molar-refractivity contribution in [2.75, 3.05) is 11.9 Å². The van der Waals surface area contributed by atoms with Crippen LogP contribution >= 0.6 is 0 Å². The Kier molecular flexibility index (Phi) is 9.93. The van der Waals surface area contributed by atoms with Crippen LogP contribution in [0.3, 0.4) is 0 Å². The molecule has 0 aromatic heterocycles. The molecule has 7 heteroatoms. The van der Waals surface area contributed by atoms with Gasteiger partial charge in [0.15, 0.2) is 0 Å². The molecule has 0 saturated carbocycles. The zero-order chi connectivity index (χ0) is 20.2. The number of aromatic carboxylic acids is 3. The Morgan fingerprint density at radius 3 is 1.59 bits per heavy atom. The third-order valence-corrected chi connectivity index (χ3v) is 4.42. The molecular weight excluding hydrogens is 350 g/mol. The summed E-state index contributed by atoms with van der Waals surface area (Å²) in [5.74, 6) is -4.52. The molecule has 0 bridgehead atoms. The minimum absolute atomic E-state index is 0.300. The first-order valence-electron chi connectivity index (χ1n) is 9.50. The summed E-state index contributed by atoms with van der Waals surface area (Å²) in [6, 6.07) is 2.35. The Hall–Kier alpha value is -2.57. The topological polar surface area (TPSA) is 124 Å². The molecule has 27 heavy (non-hydrogen) atoms. The van der Waals surface area contributed by atoms with Crippen molar-refractivity contribution in [3.63, 3.8) is 0 Å². The second-order valence-electron chi connectivity index (χ2n) is 6.62. The predicted octanol–water partition coefficient (Wildman–Crippen LogP) is 4.72. The summed E-state index contributed by atoms with van der Waals surface area (Å²) in [7, 11) is 0. The fourth-order valence-electron chi connectivity index (χ4n) is 2.98. The van der Waals surface area contributed by atoms with Crippen LogP contribution in [0, 0.1) is 0 Å². The van der Waals surface area contributed by atoms with E-state index in [9.17, 15) is 24.6 Å². The Labute approximate surface area is 159 Å². The van der Waals surface area contributed by atoms with Gasteiger partial charge in [0.1, 0.15) is 0 Å². The number of hydrogen-bond acceptors (Lipinski definition) is 4. The Morgan fingerprint density at radius 1 is 0.741 bits per heavy atom. The highest BCUT2D eigenvalue weighted by atomic mass is 16.4. The number of anilines is 1. The van der Waals surface area contributed by atoms with Crippen LogP contribution in [0.25, 0.3) is 0 Å². The van der Waals surface area contributed by atoms with Crippen LogP contribution in [0.1, 0.15) is 95.8 Å². The standard InChI is InChI=1S/C20H29NO6/c1-2-3-4-5-6-7-8-9-10-11-21-14-12-15(18(22)23)17(20(26)27)16(13-14)19(24)25/h12-13,21H,2-11H2,1H3,(H,22,23)(H,24,25)(H,26,27). The van der Waals surface area contributed by atoms with E-state index in [1.54, 1.807) is 0 Å². The second-order valence-corrected chi connectivity index (χ2v) is 6.62. The Balaban J connectivity index is 2.55. The molecule has 150 valence electrons. The lowest BCUT2D eigenvalue weighted by Crippen LogP contribution is -2.16. The smallest absolute Gasteiger partial charge is 0.337 e. The van der Waals surface area contributed by atoms with Gasteiger partial charge in [0.25, 0.3) is 0 Å². The summed E-state index contributed by atoms with van der Waals surface area (Å²) in [5, 5.41) is 30.6. The first-order chi connectivity index (χ1) is 12.9. The number of benzene rings is 1. The highest BCUT2D eigenvalue weighted by Gasteiger charge is 2.25. The number of carboxylic acid groups (broad SMARTS) is 3. The van der Waals surface area contributed by atoms with Gasteiger partial charge in [-0.3, -0.25) is 0 Å². The van der Waals surface area contributed by atoms with Crippen molar-refractivity contribution in [3.8, 4) is 0 Å². The van der Waals surface area contributed by atoms with E-state index in [2.05, 4.69) is 12.2 Å². The van der Waals surface area contributed by atoms with Crippen molar-refractivity contribution in [1.82, 2.24) is 0 Å². The lowest BCUT2D eigenvalue weighted by molar-refractivity contribution is 0.0633. The first kappa shape index (κ1) is 22.5. The van der Waals surface area contributed by atoms with Gasteiger partial charge in [-0.1, -0.05) is 58.3 Å². The summed E-state index contributed by atoms with van der Waals surface area (Å²) < 4.78 is 0. The fraction of sp³-hybridized carbons (Fsp3) is 0.550. The van der Waals surface area contributed by atoms with Crippen LogP contribution in [0.5, 0.6) is 0 Å². The van der Waals surface area contributed by atoms with Gasteiger partial charge in [0, 0.05) is 12.2 Å². The van der Waals surface area contributed by atoms with Crippen molar-refractivity contribution >= 4 is 23.6 Å². The van der Waals surface area contributed by atoms with Crippen molar-refractivity contribution in [2.24, 2.45) is 0 Å². The Morgan fingerprint density at radius 2 is 1.19 bits per heavy atom. The molecule has 0 atom stereocenters. The predicted molar refractivity (Wildman–Crippen MR) is 103 cm³/mol. The van der Waals surface area contributed by atoms with Crippen molar-refractivity contribution in [2.45, 2.75) is 64.7 Å². The van der Waals surface area contributed by atoms with E-state index in [0.29, 0.717) is 12.2 Å². The fourth-order valence-corrected chi connectivity index (χ4v) is 2.98. The maximum atomic E-state index is 11.3. The molecule has 1 aromatic carbocycles. The van der Waals surface area contributed by atoms with Gasteiger partial charge < -0.3 is 20.6 Å². The molecule has 0 aliphatic heterocycles. The minimum atomic E-state index is -1.57. The maximum absolute atomic E-state index is 11.3. The van der Waals surface area contributed by atoms with Crippen LogP contribution < -0.4 is 5.32 Å². The molecule has 0 aliphatic rings. The number of hydrogen-bond donors (Lipinski definition) is 4. The van der Waals surface area contributed by atoms with Crippen molar-refractivity contribution in [3.05, 3.63) is 28.8 Å². The molecule has 0 radical (unpaired) electrons. The van der Waals surface area contributed by atoms with Crippen molar-refractivity contribution in [1.29, 1.82) is 0 Å². The first-order valence-corrected chi connectivity index (χ1v) is 9.50. The monoisotopic (exact) mass is 379 g/mol. The van der Waals surface area contributed by atoms with Crippen LogP contribution in [0.2, 0.25) is 0 Å². The number of unbranched alkanes of at least 4 members (excludes halogenated alkanes) is 8. The van der Waals surface area contributed by atoms with Crippen LogP contribution in [-0.2, 0) is 0 Å². The van der Waals surface area contributed by atoms with E-state index in [-0.39, 0.29) is 0 Å². The molecule has 0 spiro atoms. The van der Waals surface area contributed by atoms with Gasteiger partial charge in [0.2, 0.25) is 0 Å². The molecule has 0 unspecified atom stereocenters. The van der Waals surface area contributed by atoms with E-state index in [1.165, 1.54) is 50.7 Å². The third-order valence-electron chi connectivity index (χ3n) is 4.42. The number of nitrogens with one attached hydrogen (secondary N) is 1. The summed E-state index contributed by atoms with van der Waals surface area (Å²) in [5.41, 5.74) is -1.47. The van der Waals surface area contributed by atoms with E-state index < -0.39 is 34.6 Å². The largest absolute Gasteiger partial charge is 0.478 e. The molecule has 0 fully saturated rings.